The number of likely N-dealkylation sites (tertiary alicyclic amines) is 1. The van der Waals surface area contributed by atoms with Crippen LogP contribution in [0.15, 0.2) is 0 Å². The molecule has 3 fully saturated rings. The van der Waals surface area contributed by atoms with Gasteiger partial charge >= 0.3 is 0 Å². The number of hydrogen-bond donors (Lipinski definition) is 1. The number of likely N-dealkylation sites (N-methyl/N-ethyl adjacent to an activating group) is 1. The molecular formula is C17H33N3. The van der Waals surface area contributed by atoms with Crippen LogP contribution in [0, 0.1) is 11.8 Å². The molecule has 0 atom stereocenters. The van der Waals surface area contributed by atoms with E-state index in [1.165, 1.54) is 71.2 Å². The van der Waals surface area contributed by atoms with Crippen molar-refractivity contribution in [2.45, 2.75) is 57.5 Å². The summed E-state index contributed by atoms with van der Waals surface area (Å²) in [4.78, 5) is 5.19. The predicted octanol–water partition coefficient (Wildman–Crippen LogP) is 2.18. The summed E-state index contributed by atoms with van der Waals surface area (Å²) in [6.07, 6.45) is 8.66. The fourth-order valence-electron chi connectivity index (χ4n) is 3.90. The third-order valence-electron chi connectivity index (χ3n) is 5.73. The van der Waals surface area contributed by atoms with Crippen LogP contribution in [0.25, 0.3) is 0 Å². The predicted molar refractivity (Wildman–Crippen MR) is 85.0 cm³/mol. The lowest BCUT2D eigenvalue weighted by molar-refractivity contribution is 0.131. The Bertz CT molecular complexity index is 279. The molecule has 1 N–H and O–H groups in total. The summed E-state index contributed by atoms with van der Waals surface area (Å²) in [6, 6.07) is 1.69. The van der Waals surface area contributed by atoms with Gasteiger partial charge in [-0.15, -0.1) is 0 Å². The second-order valence-electron chi connectivity index (χ2n) is 7.30. The van der Waals surface area contributed by atoms with Crippen LogP contribution in [-0.4, -0.2) is 61.7 Å². The van der Waals surface area contributed by atoms with E-state index >= 15 is 0 Å². The molecule has 0 amide bonds. The Morgan fingerprint density at radius 3 is 2.15 bits per heavy atom. The first kappa shape index (κ1) is 14.8. The van der Waals surface area contributed by atoms with Crippen molar-refractivity contribution in [2.75, 3.05) is 39.8 Å². The Kier molecular flexibility index (Phi) is 5.00. The average molecular weight is 279 g/mol. The number of rotatable bonds is 8. The quantitative estimate of drug-likeness (QED) is 0.735. The summed E-state index contributed by atoms with van der Waals surface area (Å²) in [5, 5.41) is 3.88. The molecule has 20 heavy (non-hydrogen) atoms. The number of nitrogens with one attached hydrogen (secondary N) is 1. The van der Waals surface area contributed by atoms with E-state index in [2.05, 4.69) is 29.1 Å². The molecule has 0 radical (unpaired) electrons. The van der Waals surface area contributed by atoms with Gasteiger partial charge in [-0.25, -0.2) is 0 Å². The lowest BCUT2D eigenvalue weighted by Crippen LogP contribution is -2.46. The summed E-state index contributed by atoms with van der Waals surface area (Å²) in [5.74, 6) is 2.06. The van der Waals surface area contributed by atoms with Gasteiger partial charge in [-0.1, -0.05) is 6.92 Å². The van der Waals surface area contributed by atoms with Crippen molar-refractivity contribution in [3.8, 4) is 0 Å². The van der Waals surface area contributed by atoms with Gasteiger partial charge in [-0.05, 0) is 77.0 Å². The Hall–Kier alpha value is -0.120. The maximum atomic E-state index is 3.88. The van der Waals surface area contributed by atoms with Gasteiger partial charge in [-0.2, -0.15) is 0 Å². The molecule has 0 aromatic rings. The molecule has 0 aromatic heterocycles. The molecular weight excluding hydrogens is 246 g/mol. The molecule has 3 nitrogen and oxygen atoms in total. The minimum Gasteiger partial charge on any atom is -0.312 e. The second kappa shape index (κ2) is 6.76. The van der Waals surface area contributed by atoms with Crippen molar-refractivity contribution in [3.63, 3.8) is 0 Å². The minimum atomic E-state index is 0.819. The number of nitrogens with zero attached hydrogens (tertiary/aromatic N) is 2. The maximum absolute atomic E-state index is 3.88. The van der Waals surface area contributed by atoms with Gasteiger partial charge in [0.2, 0.25) is 0 Å². The van der Waals surface area contributed by atoms with Crippen molar-refractivity contribution < 1.29 is 0 Å². The SMILES string of the molecule is CCN1CCC(N(C)CCNC(C2CC2)C2CC2)CC1. The van der Waals surface area contributed by atoms with Gasteiger partial charge in [0.1, 0.15) is 0 Å². The normalized spacial score (nSPS) is 25.8. The average Bonchev–Trinajstić information content (AvgIpc) is 3.37. The Morgan fingerprint density at radius 2 is 1.65 bits per heavy atom. The van der Waals surface area contributed by atoms with Gasteiger partial charge < -0.3 is 15.1 Å². The summed E-state index contributed by atoms with van der Waals surface area (Å²) < 4.78 is 0. The lowest BCUT2D eigenvalue weighted by Gasteiger charge is -2.36. The molecule has 3 heteroatoms. The van der Waals surface area contributed by atoms with E-state index in [0.29, 0.717) is 0 Å². The first-order valence-electron chi connectivity index (χ1n) is 8.94. The Balaban J connectivity index is 1.33. The van der Waals surface area contributed by atoms with Gasteiger partial charge in [0, 0.05) is 25.2 Å². The smallest absolute Gasteiger partial charge is 0.0124 e. The van der Waals surface area contributed by atoms with Crippen LogP contribution in [0.3, 0.4) is 0 Å². The molecule has 3 rings (SSSR count). The van der Waals surface area contributed by atoms with E-state index in [1.807, 2.05) is 0 Å². The van der Waals surface area contributed by atoms with Gasteiger partial charge in [-0.3, -0.25) is 0 Å². The molecule has 116 valence electrons. The van der Waals surface area contributed by atoms with Crippen LogP contribution in [0.5, 0.6) is 0 Å². The fourth-order valence-corrected chi connectivity index (χ4v) is 3.90. The van der Waals surface area contributed by atoms with E-state index in [0.717, 1.165) is 23.9 Å². The highest BCUT2D eigenvalue weighted by Crippen LogP contribution is 2.44. The third-order valence-corrected chi connectivity index (χ3v) is 5.73. The third kappa shape index (κ3) is 3.96. The van der Waals surface area contributed by atoms with Crippen molar-refractivity contribution in [3.05, 3.63) is 0 Å². The van der Waals surface area contributed by atoms with Crippen molar-refractivity contribution in [1.29, 1.82) is 0 Å². The first-order chi connectivity index (χ1) is 9.78. The summed E-state index contributed by atoms with van der Waals surface area (Å²) in [7, 11) is 2.33. The standard InChI is InChI=1S/C17H33N3/c1-3-20-11-8-16(9-12-20)19(2)13-10-18-17(14-4-5-14)15-6-7-15/h14-18H,3-13H2,1-2H3. The van der Waals surface area contributed by atoms with E-state index in [1.54, 1.807) is 0 Å². The van der Waals surface area contributed by atoms with Crippen LogP contribution in [0.2, 0.25) is 0 Å². The van der Waals surface area contributed by atoms with E-state index < -0.39 is 0 Å². The number of hydrogen-bond acceptors (Lipinski definition) is 3. The van der Waals surface area contributed by atoms with Crippen molar-refractivity contribution in [2.24, 2.45) is 11.8 Å². The second-order valence-corrected chi connectivity index (χ2v) is 7.30. The topological polar surface area (TPSA) is 18.5 Å². The first-order valence-corrected chi connectivity index (χ1v) is 8.94. The molecule has 1 saturated heterocycles. The molecule has 2 aliphatic carbocycles. The molecule has 3 aliphatic rings. The van der Waals surface area contributed by atoms with E-state index in [9.17, 15) is 0 Å². The maximum Gasteiger partial charge on any atom is 0.0124 e. The fraction of sp³-hybridized carbons (Fsp3) is 1.00. The van der Waals surface area contributed by atoms with Crippen molar-refractivity contribution >= 4 is 0 Å². The Labute approximate surface area is 125 Å². The zero-order valence-electron chi connectivity index (χ0n) is 13.5. The highest BCUT2D eigenvalue weighted by atomic mass is 15.2. The molecule has 1 heterocycles. The zero-order chi connectivity index (χ0) is 13.9. The van der Waals surface area contributed by atoms with Gasteiger partial charge in [0.05, 0.1) is 0 Å². The minimum absolute atomic E-state index is 0.819. The molecule has 2 saturated carbocycles. The monoisotopic (exact) mass is 279 g/mol. The Morgan fingerprint density at radius 1 is 1.05 bits per heavy atom. The molecule has 0 spiro atoms. The van der Waals surface area contributed by atoms with Crippen LogP contribution < -0.4 is 5.32 Å². The summed E-state index contributed by atoms with van der Waals surface area (Å²) >= 11 is 0. The van der Waals surface area contributed by atoms with Crippen molar-refractivity contribution in [1.82, 2.24) is 15.1 Å². The van der Waals surface area contributed by atoms with Crippen LogP contribution in [0.1, 0.15) is 45.4 Å². The molecule has 0 unspecified atom stereocenters. The van der Waals surface area contributed by atoms with E-state index in [4.69, 9.17) is 0 Å². The number of piperidine rings is 1. The van der Waals surface area contributed by atoms with Crippen LogP contribution >= 0.6 is 0 Å². The molecule has 1 aliphatic heterocycles. The zero-order valence-corrected chi connectivity index (χ0v) is 13.5. The van der Waals surface area contributed by atoms with Crippen LogP contribution in [0.4, 0.5) is 0 Å². The van der Waals surface area contributed by atoms with Gasteiger partial charge in [0.25, 0.3) is 0 Å². The lowest BCUT2D eigenvalue weighted by atomic mass is 10.0. The largest absolute Gasteiger partial charge is 0.312 e. The highest BCUT2D eigenvalue weighted by molar-refractivity contribution is 4.96. The van der Waals surface area contributed by atoms with E-state index in [-0.39, 0.29) is 0 Å². The summed E-state index contributed by atoms with van der Waals surface area (Å²) in [6.45, 7) is 8.53. The van der Waals surface area contributed by atoms with Gasteiger partial charge in [0.15, 0.2) is 0 Å². The molecule has 0 aromatic carbocycles. The summed E-state index contributed by atoms with van der Waals surface area (Å²) in [5.41, 5.74) is 0. The van der Waals surface area contributed by atoms with Crippen LogP contribution in [-0.2, 0) is 0 Å². The highest BCUT2D eigenvalue weighted by Gasteiger charge is 2.40. The molecule has 0 bridgehead atoms.